The van der Waals surface area contributed by atoms with Crippen LogP contribution in [0.2, 0.25) is 0 Å². The van der Waals surface area contributed by atoms with Crippen LogP contribution in [-0.2, 0) is 14.3 Å². The Balaban J connectivity index is 3.42. The summed E-state index contributed by atoms with van der Waals surface area (Å²) in [6.07, 6.45) is 73.5. The summed E-state index contributed by atoms with van der Waals surface area (Å²) >= 11 is 0. The van der Waals surface area contributed by atoms with Crippen molar-refractivity contribution < 1.29 is 24.5 Å². The second-order valence-corrected chi connectivity index (χ2v) is 21.7. The molecule has 3 N–H and O–H groups in total. The summed E-state index contributed by atoms with van der Waals surface area (Å²) in [5, 5.41) is 23.3. The third-order valence-electron chi connectivity index (χ3n) is 14.8. The van der Waals surface area contributed by atoms with Gasteiger partial charge in [-0.3, -0.25) is 9.59 Å². The van der Waals surface area contributed by atoms with E-state index in [1.54, 1.807) is 0 Å². The van der Waals surface area contributed by atoms with Crippen LogP contribution in [0.3, 0.4) is 0 Å². The number of hydrogen-bond donors (Lipinski definition) is 3. The van der Waals surface area contributed by atoms with Gasteiger partial charge in [-0.1, -0.05) is 314 Å². The van der Waals surface area contributed by atoms with Crippen LogP contribution in [0.25, 0.3) is 0 Å². The summed E-state index contributed by atoms with van der Waals surface area (Å²) in [4.78, 5) is 24.5. The predicted molar refractivity (Wildman–Crippen MR) is 306 cm³/mol. The zero-order chi connectivity index (χ0) is 50.7. The zero-order valence-electron chi connectivity index (χ0n) is 47.3. The Morgan fingerprint density at radius 3 is 1.09 bits per heavy atom. The zero-order valence-corrected chi connectivity index (χ0v) is 47.3. The topological polar surface area (TPSA) is 95.9 Å². The van der Waals surface area contributed by atoms with Crippen LogP contribution in [0.5, 0.6) is 0 Å². The molecule has 0 heterocycles. The van der Waals surface area contributed by atoms with E-state index >= 15 is 0 Å². The van der Waals surface area contributed by atoms with Crippen molar-refractivity contribution in [2.45, 2.75) is 360 Å². The minimum atomic E-state index is -0.667. The molecule has 0 aliphatic heterocycles. The molecule has 70 heavy (non-hydrogen) atoms. The molecule has 0 fully saturated rings. The molecule has 0 rings (SSSR count). The first-order valence-corrected chi connectivity index (χ1v) is 31.6. The van der Waals surface area contributed by atoms with E-state index in [0.717, 1.165) is 51.4 Å². The first-order valence-electron chi connectivity index (χ1n) is 31.6. The van der Waals surface area contributed by atoms with Gasteiger partial charge in [0.15, 0.2) is 0 Å². The predicted octanol–water partition coefficient (Wildman–Crippen LogP) is 19.8. The number of aliphatic hydroxyl groups is 2. The Morgan fingerprint density at radius 1 is 0.400 bits per heavy atom. The number of rotatable bonds is 59. The number of allylic oxidation sites excluding steroid dienone is 3. The van der Waals surface area contributed by atoms with Crippen LogP contribution >= 0.6 is 0 Å². The van der Waals surface area contributed by atoms with Crippen LogP contribution < -0.4 is 5.32 Å². The molecule has 0 saturated carbocycles. The van der Waals surface area contributed by atoms with E-state index in [-0.39, 0.29) is 18.5 Å². The highest BCUT2D eigenvalue weighted by Crippen LogP contribution is 2.18. The first kappa shape index (κ1) is 68.3. The Morgan fingerprint density at radius 2 is 0.714 bits per heavy atom. The lowest BCUT2D eigenvalue weighted by molar-refractivity contribution is -0.143. The van der Waals surface area contributed by atoms with Crippen molar-refractivity contribution in [3.63, 3.8) is 0 Å². The molecule has 414 valence electrons. The third-order valence-corrected chi connectivity index (χ3v) is 14.8. The largest absolute Gasteiger partial charge is 0.465 e. The molecule has 1 amide bonds. The number of aliphatic hydroxyl groups excluding tert-OH is 2. The lowest BCUT2D eigenvalue weighted by atomic mass is 10.0. The van der Waals surface area contributed by atoms with Gasteiger partial charge in [0.1, 0.15) is 0 Å². The van der Waals surface area contributed by atoms with Crippen molar-refractivity contribution in [3.8, 4) is 0 Å². The summed E-state index contributed by atoms with van der Waals surface area (Å²) in [5.74, 6) is -0.0684. The summed E-state index contributed by atoms with van der Waals surface area (Å²) in [6, 6.07) is -0.545. The third kappa shape index (κ3) is 55.7. The lowest BCUT2D eigenvalue weighted by Crippen LogP contribution is -2.45. The standard InChI is InChI=1S/C64H123NO5/c1-3-5-7-9-11-13-15-17-19-20-27-30-34-38-42-46-50-54-58-64(69)70-59-55-51-47-43-39-35-31-28-25-23-21-22-24-26-29-33-37-41-45-49-53-57-63(68)65-61(60-66)62(67)56-52-48-44-40-36-32-18-16-14-12-10-8-6-4-2/h35,39,47,51,61-62,66-67H,3-34,36-38,40-46,48-50,52-60H2,1-2H3,(H,65,68)/b39-35-,51-47-. The average molecular weight is 987 g/mol. The quantitative estimate of drug-likeness (QED) is 0.0321. The van der Waals surface area contributed by atoms with Crippen molar-refractivity contribution in [2.75, 3.05) is 13.2 Å². The molecule has 0 saturated heterocycles. The van der Waals surface area contributed by atoms with E-state index in [1.807, 2.05) is 0 Å². The maximum Gasteiger partial charge on any atom is 0.305 e. The van der Waals surface area contributed by atoms with Gasteiger partial charge >= 0.3 is 5.97 Å². The summed E-state index contributed by atoms with van der Waals surface area (Å²) in [7, 11) is 0. The second kappa shape index (κ2) is 59.9. The molecular formula is C64H123NO5. The van der Waals surface area contributed by atoms with E-state index in [2.05, 4.69) is 43.5 Å². The average Bonchev–Trinajstić information content (AvgIpc) is 3.36. The maximum atomic E-state index is 12.5. The van der Waals surface area contributed by atoms with E-state index in [0.29, 0.717) is 25.9 Å². The van der Waals surface area contributed by atoms with E-state index in [9.17, 15) is 19.8 Å². The SMILES string of the molecule is CCCCCCCCCCCCCCCCCCCCC(=O)OCC/C=C\C/C=C\CCCCCCCCCCCCCCCCC(=O)NC(CO)C(O)CCCCCCCCCCCCCCCC. The van der Waals surface area contributed by atoms with Gasteiger partial charge in [-0.05, 0) is 44.9 Å². The molecule has 0 aromatic carbocycles. The molecule has 2 atom stereocenters. The molecule has 2 unspecified atom stereocenters. The lowest BCUT2D eigenvalue weighted by Gasteiger charge is -2.22. The number of carbonyl (C=O) groups is 2. The number of ether oxygens (including phenoxy) is 1. The summed E-state index contributed by atoms with van der Waals surface area (Å²) in [5.41, 5.74) is 0. The fraction of sp³-hybridized carbons (Fsp3) is 0.906. The number of esters is 1. The monoisotopic (exact) mass is 986 g/mol. The van der Waals surface area contributed by atoms with E-state index in [4.69, 9.17) is 4.74 Å². The van der Waals surface area contributed by atoms with E-state index in [1.165, 1.54) is 263 Å². The molecule has 6 nitrogen and oxygen atoms in total. The fourth-order valence-electron chi connectivity index (χ4n) is 9.95. The number of hydrogen-bond acceptors (Lipinski definition) is 5. The van der Waals surface area contributed by atoms with Crippen LogP contribution in [0, 0.1) is 0 Å². The molecule has 0 spiro atoms. The van der Waals surface area contributed by atoms with Crippen molar-refractivity contribution in [2.24, 2.45) is 0 Å². The van der Waals surface area contributed by atoms with Crippen molar-refractivity contribution in [3.05, 3.63) is 24.3 Å². The Hall–Kier alpha value is -1.66. The number of nitrogens with one attached hydrogen (secondary N) is 1. The molecular weight excluding hydrogens is 863 g/mol. The first-order chi connectivity index (χ1) is 34.5. The van der Waals surface area contributed by atoms with Gasteiger partial charge in [0.05, 0.1) is 25.4 Å². The maximum absolute atomic E-state index is 12.5. The fourth-order valence-corrected chi connectivity index (χ4v) is 9.95. The van der Waals surface area contributed by atoms with Crippen LogP contribution in [0.15, 0.2) is 24.3 Å². The van der Waals surface area contributed by atoms with Gasteiger partial charge in [0.2, 0.25) is 5.91 Å². The smallest absolute Gasteiger partial charge is 0.305 e. The minimum absolute atomic E-state index is 0.0303. The van der Waals surface area contributed by atoms with E-state index < -0.39 is 12.1 Å². The highest BCUT2D eigenvalue weighted by Gasteiger charge is 2.20. The molecule has 0 aromatic heterocycles. The van der Waals surface area contributed by atoms with Gasteiger partial charge < -0.3 is 20.3 Å². The van der Waals surface area contributed by atoms with Gasteiger partial charge in [0, 0.05) is 12.8 Å². The van der Waals surface area contributed by atoms with Crippen molar-refractivity contribution in [1.29, 1.82) is 0 Å². The van der Waals surface area contributed by atoms with Gasteiger partial charge in [0.25, 0.3) is 0 Å². The minimum Gasteiger partial charge on any atom is -0.465 e. The van der Waals surface area contributed by atoms with Crippen LogP contribution in [0.4, 0.5) is 0 Å². The second-order valence-electron chi connectivity index (χ2n) is 21.7. The number of unbranched alkanes of at least 4 members (excludes halogenated alkanes) is 44. The molecule has 0 bridgehead atoms. The van der Waals surface area contributed by atoms with Gasteiger partial charge in [-0.25, -0.2) is 0 Å². The highest BCUT2D eigenvalue weighted by molar-refractivity contribution is 5.76. The molecule has 0 aliphatic rings. The van der Waals surface area contributed by atoms with Crippen LogP contribution in [-0.4, -0.2) is 47.4 Å². The Labute approximate surface area is 437 Å². The Bertz CT molecular complexity index is 1090. The van der Waals surface area contributed by atoms with Crippen molar-refractivity contribution >= 4 is 11.9 Å². The molecule has 0 radical (unpaired) electrons. The van der Waals surface area contributed by atoms with Crippen LogP contribution in [0.1, 0.15) is 348 Å². The summed E-state index contributed by atoms with van der Waals surface area (Å²) in [6.45, 7) is 4.87. The molecule has 0 aromatic rings. The summed E-state index contributed by atoms with van der Waals surface area (Å²) < 4.78 is 5.43. The normalized spacial score (nSPS) is 12.7. The van der Waals surface area contributed by atoms with Gasteiger partial charge in [-0.2, -0.15) is 0 Å². The molecule has 0 aliphatic carbocycles. The van der Waals surface area contributed by atoms with Crippen molar-refractivity contribution in [1.82, 2.24) is 5.32 Å². The number of amides is 1. The molecule has 6 heteroatoms. The Kier molecular flexibility index (Phi) is 58.5. The highest BCUT2D eigenvalue weighted by atomic mass is 16.5. The van der Waals surface area contributed by atoms with Gasteiger partial charge in [-0.15, -0.1) is 0 Å². The number of carbonyl (C=O) groups excluding carboxylic acids is 2.